The molecule has 2 saturated carbocycles. The van der Waals surface area contributed by atoms with Gasteiger partial charge in [0.25, 0.3) is 0 Å². The summed E-state index contributed by atoms with van der Waals surface area (Å²) in [6.07, 6.45) is 9.70. The number of rotatable bonds is 5. The Labute approximate surface area is 111 Å². The van der Waals surface area contributed by atoms with Crippen LogP contribution in [0.25, 0.3) is 0 Å². The van der Waals surface area contributed by atoms with Crippen molar-refractivity contribution in [3.63, 3.8) is 0 Å². The number of hydrogen-bond donors (Lipinski definition) is 2. The Morgan fingerprint density at radius 1 is 1.22 bits per heavy atom. The van der Waals surface area contributed by atoms with Gasteiger partial charge in [0, 0.05) is 13.2 Å². The molecule has 3 N–H and O–H groups in total. The second-order valence-corrected chi connectivity index (χ2v) is 6.36. The molecule has 4 unspecified atom stereocenters. The molecule has 0 amide bonds. The molecule has 0 spiro atoms. The van der Waals surface area contributed by atoms with E-state index < -0.39 is 5.60 Å². The second-order valence-electron chi connectivity index (χ2n) is 6.36. The summed E-state index contributed by atoms with van der Waals surface area (Å²) in [4.78, 5) is 0. The molecule has 2 rings (SSSR count). The number of aliphatic hydroxyl groups is 1. The summed E-state index contributed by atoms with van der Waals surface area (Å²) < 4.78 is 6.04. The molecule has 0 saturated heterocycles. The van der Waals surface area contributed by atoms with Crippen molar-refractivity contribution in [1.29, 1.82) is 0 Å². The van der Waals surface area contributed by atoms with Gasteiger partial charge in [0.05, 0.1) is 11.7 Å². The maximum absolute atomic E-state index is 10.4. The van der Waals surface area contributed by atoms with Crippen LogP contribution in [0.5, 0.6) is 0 Å². The first kappa shape index (κ1) is 14.3. The molecule has 0 aliphatic heterocycles. The van der Waals surface area contributed by atoms with Crippen molar-refractivity contribution in [2.75, 3.05) is 13.2 Å². The molecule has 0 aromatic carbocycles. The molecule has 3 nitrogen and oxygen atoms in total. The van der Waals surface area contributed by atoms with Crippen molar-refractivity contribution < 1.29 is 9.84 Å². The molecule has 2 aliphatic carbocycles. The van der Waals surface area contributed by atoms with E-state index in [0.717, 1.165) is 32.3 Å². The van der Waals surface area contributed by atoms with E-state index in [4.69, 9.17) is 10.5 Å². The normalized spacial score (nSPS) is 41.2. The molecule has 18 heavy (non-hydrogen) atoms. The lowest BCUT2D eigenvalue weighted by atomic mass is 9.87. The van der Waals surface area contributed by atoms with Gasteiger partial charge in [0.2, 0.25) is 0 Å². The fraction of sp³-hybridized carbons (Fsp3) is 1.00. The predicted octanol–water partition coefficient (Wildman–Crippen LogP) is 2.46. The Balaban J connectivity index is 1.71. The summed E-state index contributed by atoms with van der Waals surface area (Å²) in [5.41, 5.74) is 5.09. The van der Waals surface area contributed by atoms with Crippen molar-refractivity contribution in [1.82, 2.24) is 0 Å². The van der Waals surface area contributed by atoms with E-state index >= 15 is 0 Å². The lowest BCUT2D eigenvalue weighted by Crippen LogP contribution is -2.41. The van der Waals surface area contributed by atoms with E-state index in [2.05, 4.69) is 6.92 Å². The molecule has 0 bridgehead atoms. The van der Waals surface area contributed by atoms with Gasteiger partial charge in [0.1, 0.15) is 0 Å². The van der Waals surface area contributed by atoms with Crippen molar-refractivity contribution in [2.45, 2.75) is 70.0 Å². The van der Waals surface area contributed by atoms with Crippen molar-refractivity contribution in [3.8, 4) is 0 Å². The van der Waals surface area contributed by atoms with Crippen LogP contribution in [0, 0.1) is 11.8 Å². The molecule has 2 aliphatic rings. The third-order valence-electron chi connectivity index (χ3n) is 5.11. The van der Waals surface area contributed by atoms with E-state index in [0.29, 0.717) is 24.5 Å². The molecule has 0 radical (unpaired) electrons. The summed E-state index contributed by atoms with van der Waals surface area (Å²) in [5, 5.41) is 10.4. The maximum Gasteiger partial charge on any atom is 0.0798 e. The monoisotopic (exact) mass is 255 g/mol. The zero-order valence-corrected chi connectivity index (χ0v) is 11.7. The lowest BCUT2D eigenvalue weighted by Gasteiger charge is -2.31. The average molecular weight is 255 g/mol. The summed E-state index contributed by atoms with van der Waals surface area (Å²) in [6.45, 7) is 3.50. The van der Waals surface area contributed by atoms with Gasteiger partial charge >= 0.3 is 0 Å². The molecule has 0 aromatic heterocycles. The number of nitrogens with two attached hydrogens (primary N) is 1. The Morgan fingerprint density at radius 2 is 2.00 bits per heavy atom. The highest BCUT2D eigenvalue weighted by Crippen LogP contribution is 2.37. The highest BCUT2D eigenvalue weighted by atomic mass is 16.5. The van der Waals surface area contributed by atoms with Gasteiger partial charge in [-0.05, 0) is 43.9 Å². The van der Waals surface area contributed by atoms with Gasteiger partial charge in [-0.15, -0.1) is 0 Å². The molecule has 0 aromatic rings. The van der Waals surface area contributed by atoms with Crippen molar-refractivity contribution in [3.05, 3.63) is 0 Å². The number of ether oxygens (including phenoxy) is 1. The van der Waals surface area contributed by atoms with E-state index in [1.807, 2.05) is 0 Å². The van der Waals surface area contributed by atoms with Crippen LogP contribution in [0.15, 0.2) is 0 Å². The zero-order chi connectivity index (χ0) is 13.0. The molecule has 0 heterocycles. The Hall–Kier alpha value is -0.120. The second kappa shape index (κ2) is 6.36. The minimum Gasteiger partial charge on any atom is -0.388 e. The van der Waals surface area contributed by atoms with Gasteiger partial charge in [-0.1, -0.05) is 26.2 Å². The van der Waals surface area contributed by atoms with Crippen LogP contribution in [-0.2, 0) is 4.74 Å². The van der Waals surface area contributed by atoms with Gasteiger partial charge in [-0.3, -0.25) is 0 Å². The first-order valence-electron chi connectivity index (χ1n) is 7.70. The summed E-state index contributed by atoms with van der Waals surface area (Å²) in [6, 6.07) is 0. The highest BCUT2D eigenvalue weighted by molar-refractivity contribution is 4.92. The molecule has 4 atom stereocenters. The minimum atomic E-state index is -0.610. The van der Waals surface area contributed by atoms with Crippen LogP contribution in [-0.4, -0.2) is 30.0 Å². The molecular formula is C15H29NO2. The van der Waals surface area contributed by atoms with Crippen molar-refractivity contribution >= 4 is 0 Å². The zero-order valence-electron chi connectivity index (χ0n) is 11.7. The molecular weight excluding hydrogens is 226 g/mol. The van der Waals surface area contributed by atoms with E-state index in [-0.39, 0.29) is 0 Å². The van der Waals surface area contributed by atoms with Crippen LogP contribution in [0.3, 0.4) is 0 Å². The molecule has 106 valence electrons. The summed E-state index contributed by atoms with van der Waals surface area (Å²) in [5.74, 6) is 1.05. The Bertz CT molecular complexity index is 259. The van der Waals surface area contributed by atoms with Crippen LogP contribution < -0.4 is 5.73 Å². The average Bonchev–Trinajstić information content (AvgIpc) is 2.74. The molecule has 3 heteroatoms. The standard InChI is InChI=1S/C15H29NO2/c1-12-5-2-3-7-14(12)18-10-8-13-6-4-9-15(13,17)11-16/h12-14,17H,2-11,16H2,1H3. The van der Waals surface area contributed by atoms with E-state index in [1.54, 1.807) is 0 Å². The Morgan fingerprint density at radius 3 is 2.72 bits per heavy atom. The summed E-state index contributed by atoms with van der Waals surface area (Å²) in [7, 11) is 0. The fourth-order valence-corrected chi connectivity index (χ4v) is 3.70. The van der Waals surface area contributed by atoms with Crippen LogP contribution in [0.4, 0.5) is 0 Å². The number of hydrogen-bond acceptors (Lipinski definition) is 3. The predicted molar refractivity (Wildman–Crippen MR) is 73.3 cm³/mol. The maximum atomic E-state index is 10.4. The van der Waals surface area contributed by atoms with Crippen LogP contribution >= 0.6 is 0 Å². The van der Waals surface area contributed by atoms with Crippen molar-refractivity contribution in [2.24, 2.45) is 17.6 Å². The van der Waals surface area contributed by atoms with E-state index in [9.17, 15) is 5.11 Å². The quantitative estimate of drug-likeness (QED) is 0.793. The van der Waals surface area contributed by atoms with Crippen LogP contribution in [0.1, 0.15) is 58.3 Å². The van der Waals surface area contributed by atoms with Gasteiger partial charge in [-0.25, -0.2) is 0 Å². The largest absolute Gasteiger partial charge is 0.388 e. The van der Waals surface area contributed by atoms with Crippen LogP contribution in [0.2, 0.25) is 0 Å². The smallest absolute Gasteiger partial charge is 0.0798 e. The lowest BCUT2D eigenvalue weighted by molar-refractivity contribution is -0.0361. The Kier molecular flexibility index (Phi) is 5.05. The van der Waals surface area contributed by atoms with Gasteiger partial charge < -0.3 is 15.6 Å². The van der Waals surface area contributed by atoms with E-state index in [1.165, 1.54) is 25.7 Å². The third-order valence-corrected chi connectivity index (χ3v) is 5.11. The fourth-order valence-electron chi connectivity index (χ4n) is 3.70. The van der Waals surface area contributed by atoms with Gasteiger partial charge in [-0.2, -0.15) is 0 Å². The minimum absolute atomic E-state index is 0.349. The summed E-state index contributed by atoms with van der Waals surface area (Å²) >= 11 is 0. The third kappa shape index (κ3) is 3.25. The first-order valence-corrected chi connectivity index (χ1v) is 7.70. The first-order chi connectivity index (χ1) is 8.65. The van der Waals surface area contributed by atoms with Gasteiger partial charge in [0.15, 0.2) is 0 Å². The highest BCUT2D eigenvalue weighted by Gasteiger charge is 2.39. The SMILES string of the molecule is CC1CCCCC1OCCC1CCCC1(O)CN. The topological polar surface area (TPSA) is 55.5 Å². The molecule has 2 fully saturated rings.